The molecular formula is C18H22ClN3O2. The van der Waals surface area contributed by atoms with Crippen molar-refractivity contribution in [3.63, 3.8) is 0 Å². The molecule has 0 saturated carbocycles. The van der Waals surface area contributed by atoms with Gasteiger partial charge in [0.1, 0.15) is 5.69 Å². The standard InChI is InChI=1S/C18H22ClN3O2/c1-24-11-3-9-20-16-6-7-17(22-13-16)18(23)21-10-8-14-4-2-5-15(19)12-14/h2,4-7,12-13,20H,3,8-11H2,1H3,(H,21,23). The van der Waals surface area contributed by atoms with E-state index in [1.54, 1.807) is 19.4 Å². The first-order valence-corrected chi connectivity index (χ1v) is 8.28. The van der Waals surface area contributed by atoms with Crippen molar-refractivity contribution in [2.24, 2.45) is 0 Å². The predicted molar refractivity (Wildman–Crippen MR) is 96.7 cm³/mol. The molecule has 1 aromatic heterocycles. The SMILES string of the molecule is COCCCNc1ccc(C(=O)NCCc2cccc(Cl)c2)nc1. The lowest BCUT2D eigenvalue weighted by Crippen LogP contribution is -2.26. The molecular weight excluding hydrogens is 326 g/mol. The van der Waals surface area contributed by atoms with E-state index in [1.807, 2.05) is 30.3 Å². The number of methoxy groups -OCH3 is 1. The van der Waals surface area contributed by atoms with Crippen LogP contribution in [0.25, 0.3) is 0 Å². The van der Waals surface area contributed by atoms with E-state index in [2.05, 4.69) is 15.6 Å². The van der Waals surface area contributed by atoms with E-state index in [0.29, 0.717) is 23.9 Å². The average molecular weight is 348 g/mol. The normalized spacial score (nSPS) is 10.4. The van der Waals surface area contributed by atoms with Crippen molar-refractivity contribution >= 4 is 23.2 Å². The number of hydrogen-bond donors (Lipinski definition) is 2. The van der Waals surface area contributed by atoms with Crippen molar-refractivity contribution < 1.29 is 9.53 Å². The van der Waals surface area contributed by atoms with Crippen LogP contribution >= 0.6 is 11.6 Å². The van der Waals surface area contributed by atoms with E-state index in [-0.39, 0.29) is 5.91 Å². The van der Waals surface area contributed by atoms with Gasteiger partial charge in [-0.2, -0.15) is 0 Å². The third-order valence-electron chi connectivity index (χ3n) is 3.44. The number of rotatable bonds is 9. The summed E-state index contributed by atoms with van der Waals surface area (Å²) in [6.45, 7) is 2.06. The van der Waals surface area contributed by atoms with Crippen LogP contribution in [0.2, 0.25) is 5.02 Å². The predicted octanol–water partition coefficient (Wildman–Crippen LogP) is 3.16. The first-order chi connectivity index (χ1) is 11.7. The topological polar surface area (TPSA) is 63.2 Å². The van der Waals surface area contributed by atoms with E-state index >= 15 is 0 Å². The van der Waals surface area contributed by atoms with Crippen LogP contribution in [0.5, 0.6) is 0 Å². The summed E-state index contributed by atoms with van der Waals surface area (Å²) in [5.41, 5.74) is 2.39. The lowest BCUT2D eigenvalue weighted by Gasteiger charge is -2.08. The van der Waals surface area contributed by atoms with Gasteiger partial charge in [0.25, 0.3) is 5.91 Å². The van der Waals surface area contributed by atoms with E-state index in [0.717, 1.165) is 30.6 Å². The van der Waals surface area contributed by atoms with Gasteiger partial charge in [0.2, 0.25) is 0 Å². The van der Waals surface area contributed by atoms with Gasteiger partial charge in [0.05, 0.1) is 11.9 Å². The number of amides is 1. The minimum absolute atomic E-state index is 0.178. The summed E-state index contributed by atoms with van der Waals surface area (Å²) in [5, 5.41) is 6.80. The summed E-state index contributed by atoms with van der Waals surface area (Å²) in [6.07, 6.45) is 3.31. The summed E-state index contributed by atoms with van der Waals surface area (Å²) >= 11 is 5.94. The molecule has 0 aliphatic carbocycles. The van der Waals surface area contributed by atoms with Crippen molar-refractivity contribution in [3.8, 4) is 0 Å². The van der Waals surface area contributed by atoms with Gasteiger partial charge in [-0.1, -0.05) is 23.7 Å². The van der Waals surface area contributed by atoms with Gasteiger partial charge in [0, 0.05) is 31.8 Å². The number of pyridine rings is 1. The molecule has 2 aromatic rings. The lowest BCUT2D eigenvalue weighted by molar-refractivity contribution is 0.0949. The molecule has 0 aliphatic rings. The highest BCUT2D eigenvalue weighted by Gasteiger charge is 2.06. The van der Waals surface area contributed by atoms with Crippen LogP contribution in [-0.4, -0.2) is 37.7 Å². The quantitative estimate of drug-likeness (QED) is 0.684. The fraction of sp³-hybridized carbons (Fsp3) is 0.333. The Morgan fingerprint density at radius 3 is 2.83 bits per heavy atom. The van der Waals surface area contributed by atoms with E-state index < -0.39 is 0 Å². The van der Waals surface area contributed by atoms with Gasteiger partial charge in [-0.3, -0.25) is 4.79 Å². The largest absolute Gasteiger partial charge is 0.385 e. The van der Waals surface area contributed by atoms with Crippen molar-refractivity contribution in [3.05, 3.63) is 58.9 Å². The maximum Gasteiger partial charge on any atom is 0.269 e. The maximum absolute atomic E-state index is 12.1. The third-order valence-corrected chi connectivity index (χ3v) is 3.67. The number of benzene rings is 1. The van der Waals surface area contributed by atoms with Gasteiger partial charge in [0.15, 0.2) is 0 Å². The van der Waals surface area contributed by atoms with Crippen molar-refractivity contribution in [2.45, 2.75) is 12.8 Å². The van der Waals surface area contributed by atoms with Crippen LogP contribution in [-0.2, 0) is 11.2 Å². The van der Waals surface area contributed by atoms with Gasteiger partial charge < -0.3 is 15.4 Å². The molecule has 1 heterocycles. The Hall–Kier alpha value is -2.11. The van der Waals surface area contributed by atoms with Gasteiger partial charge in [-0.15, -0.1) is 0 Å². The molecule has 0 unspecified atom stereocenters. The number of carbonyl (C=O) groups excluding carboxylic acids is 1. The lowest BCUT2D eigenvalue weighted by atomic mass is 10.1. The van der Waals surface area contributed by atoms with E-state index in [4.69, 9.17) is 16.3 Å². The highest BCUT2D eigenvalue weighted by atomic mass is 35.5. The second kappa shape index (κ2) is 9.90. The highest BCUT2D eigenvalue weighted by Crippen LogP contribution is 2.11. The first-order valence-electron chi connectivity index (χ1n) is 7.90. The monoisotopic (exact) mass is 347 g/mol. The molecule has 0 saturated heterocycles. The summed E-state index contributed by atoms with van der Waals surface area (Å²) in [4.78, 5) is 16.3. The van der Waals surface area contributed by atoms with Crippen LogP contribution in [0.15, 0.2) is 42.6 Å². The van der Waals surface area contributed by atoms with Gasteiger partial charge in [-0.05, 0) is 42.7 Å². The van der Waals surface area contributed by atoms with Crippen molar-refractivity contribution in [2.75, 3.05) is 32.1 Å². The molecule has 0 aliphatic heterocycles. The molecule has 5 nitrogen and oxygen atoms in total. The fourth-order valence-corrected chi connectivity index (χ4v) is 2.40. The van der Waals surface area contributed by atoms with Gasteiger partial charge in [-0.25, -0.2) is 4.98 Å². The number of nitrogens with one attached hydrogen (secondary N) is 2. The molecule has 1 amide bonds. The van der Waals surface area contributed by atoms with Crippen molar-refractivity contribution in [1.29, 1.82) is 0 Å². The molecule has 2 rings (SSSR count). The summed E-state index contributed by atoms with van der Waals surface area (Å²) in [6, 6.07) is 11.2. The Morgan fingerprint density at radius 1 is 1.25 bits per heavy atom. The Kier molecular flexibility index (Phi) is 7.52. The van der Waals surface area contributed by atoms with Crippen LogP contribution in [0, 0.1) is 0 Å². The Balaban J connectivity index is 1.75. The van der Waals surface area contributed by atoms with Crippen LogP contribution in [0.1, 0.15) is 22.5 Å². The third kappa shape index (κ3) is 6.18. The zero-order chi connectivity index (χ0) is 17.2. The maximum atomic E-state index is 12.1. The molecule has 1 aromatic carbocycles. The zero-order valence-corrected chi connectivity index (χ0v) is 14.5. The smallest absolute Gasteiger partial charge is 0.269 e. The highest BCUT2D eigenvalue weighted by molar-refractivity contribution is 6.30. The summed E-state index contributed by atoms with van der Waals surface area (Å²) < 4.78 is 4.99. The Morgan fingerprint density at radius 2 is 2.12 bits per heavy atom. The summed E-state index contributed by atoms with van der Waals surface area (Å²) in [5.74, 6) is -0.178. The number of aromatic nitrogens is 1. The number of ether oxygens (including phenoxy) is 1. The van der Waals surface area contributed by atoms with Gasteiger partial charge >= 0.3 is 0 Å². The van der Waals surface area contributed by atoms with Crippen LogP contribution in [0.4, 0.5) is 5.69 Å². The number of hydrogen-bond acceptors (Lipinski definition) is 4. The van der Waals surface area contributed by atoms with Crippen LogP contribution in [0.3, 0.4) is 0 Å². The molecule has 0 atom stereocenters. The first kappa shape index (κ1) is 18.2. The second-order valence-electron chi connectivity index (χ2n) is 5.34. The van der Waals surface area contributed by atoms with E-state index in [9.17, 15) is 4.79 Å². The fourth-order valence-electron chi connectivity index (χ4n) is 2.19. The number of nitrogens with zero attached hydrogens (tertiary/aromatic N) is 1. The number of anilines is 1. The van der Waals surface area contributed by atoms with Crippen molar-refractivity contribution in [1.82, 2.24) is 10.3 Å². The Labute approximate surface area is 147 Å². The molecule has 24 heavy (non-hydrogen) atoms. The zero-order valence-electron chi connectivity index (χ0n) is 13.7. The molecule has 0 spiro atoms. The molecule has 0 fully saturated rings. The molecule has 6 heteroatoms. The number of halogens is 1. The second-order valence-corrected chi connectivity index (χ2v) is 5.78. The molecule has 0 bridgehead atoms. The Bertz CT molecular complexity index is 647. The summed E-state index contributed by atoms with van der Waals surface area (Å²) in [7, 11) is 1.68. The minimum atomic E-state index is -0.178. The molecule has 128 valence electrons. The molecule has 2 N–H and O–H groups in total. The number of carbonyl (C=O) groups is 1. The van der Waals surface area contributed by atoms with Crippen LogP contribution < -0.4 is 10.6 Å². The minimum Gasteiger partial charge on any atom is -0.385 e. The molecule has 0 radical (unpaired) electrons. The van der Waals surface area contributed by atoms with E-state index in [1.165, 1.54) is 0 Å². The average Bonchev–Trinajstić information content (AvgIpc) is 2.59.